The fourth-order valence-corrected chi connectivity index (χ4v) is 11.9. The van der Waals surface area contributed by atoms with Gasteiger partial charge >= 0.3 is 0 Å². The minimum Gasteiger partial charge on any atom is -0.456 e. The maximum Gasteiger partial charge on any atom is 0.164 e. The molecule has 2 aliphatic carbocycles. The maximum absolute atomic E-state index is 6.67. The minimum atomic E-state index is -0.471. The predicted molar refractivity (Wildman–Crippen MR) is 258 cm³/mol. The van der Waals surface area contributed by atoms with E-state index in [2.05, 4.69) is 170 Å². The lowest BCUT2D eigenvalue weighted by atomic mass is 9.68. The SMILES string of the molecule is c1ccc(-c2nc(-c3ccc4sc5ccccc5c4c3)nc(-c3cccc4oc5ccc(-c6cccc7c6C6(c8ccccc8-c8ccccc86)c6ccccc6-7)cc5c34)n2)cc1. The molecule has 3 aromatic heterocycles. The summed E-state index contributed by atoms with van der Waals surface area (Å²) in [4.78, 5) is 15.6. The third kappa shape index (κ3) is 4.83. The van der Waals surface area contributed by atoms with Crippen molar-refractivity contribution in [2.45, 2.75) is 5.41 Å². The highest BCUT2D eigenvalue weighted by Crippen LogP contribution is 2.64. The van der Waals surface area contributed by atoms with Crippen LogP contribution in [0.25, 0.3) is 110 Å². The van der Waals surface area contributed by atoms with Crippen molar-refractivity contribution in [3.63, 3.8) is 0 Å². The second kappa shape index (κ2) is 13.0. The molecule has 1 spiro atoms. The summed E-state index contributed by atoms with van der Waals surface area (Å²) in [6.07, 6.45) is 0. The van der Waals surface area contributed by atoms with E-state index in [0.29, 0.717) is 17.5 Å². The number of hydrogen-bond donors (Lipinski definition) is 0. The molecule has 0 unspecified atom stereocenters. The molecule has 4 nitrogen and oxygen atoms in total. The predicted octanol–water partition coefficient (Wildman–Crippen LogP) is 15.2. The van der Waals surface area contributed by atoms with Gasteiger partial charge in [0, 0.05) is 47.6 Å². The lowest BCUT2D eigenvalue weighted by molar-refractivity contribution is 0.669. The molecule has 0 aliphatic heterocycles. The Morgan fingerprint density at radius 1 is 0.349 bits per heavy atom. The van der Waals surface area contributed by atoms with E-state index in [1.165, 1.54) is 70.2 Å². The molecule has 3 heterocycles. The van der Waals surface area contributed by atoms with Crippen LogP contribution < -0.4 is 0 Å². The van der Waals surface area contributed by atoms with Crippen molar-refractivity contribution in [2.24, 2.45) is 0 Å². The molecule has 0 bridgehead atoms. The molecule has 12 aromatic rings. The number of aromatic nitrogens is 3. The van der Waals surface area contributed by atoms with E-state index in [1.807, 2.05) is 41.7 Å². The molecule has 63 heavy (non-hydrogen) atoms. The number of fused-ring (bicyclic) bond motifs is 16. The Morgan fingerprint density at radius 2 is 0.905 bits per heavy atom. The monoisotopic (exact) mass is 819 g/mol. The number of hydrogen-bond acceptors (Lipinski definition) is 5. The Labute approximate surface area is 366 Å². The molecule has 0 radical (unpaired) electrons. The Hall–Kier alpha value is -7.99. The first-order chi connectivity index (χ1) is 31.2. The summed E-state index contributed by atoms with van der Waals surface area (Å²) >= 11 is 1.81. The van der Waals surface area contributed by atoms with Crippen LogP contribution in [0.5, 0.6) is 0 Å². The average Bonchev–Trinajstić information content (AvgIpc) is 4.09. The molecular weight excluding hydrogens is 787 g/mol. The zero-order chi connectivity index (χ0) is 41.2. The van der Waals surface area contributed by atoms with Crippen molar-refractivity contribution in [3.8, 4) is 67.5 Å². The van der Waals surface area contributed by atoms with Gasteiger partial charge in [0.1, 0.15) is 11.2 Å². The first-order valence-corrected chi connectivity index (χ1v) is 22.2. The normalized spacial score (nSPS) is 13.2. The average molecular weight is 820 g/mol. The smallest absolute Gasteiger partial charge is 0.164 e. The van der Waals surface area contributed by atoms with Gasteiger partial charge in [-0.3, -0.25) is 0 Å². The van der Waals surface area contributed by atoms with Crippen LogP contribution in [0.4, 0.5) is 0 Å². The first-order valence-electron chi connectivity index (χ1n) is 21.3. The van der Waals surface area contributed by atoms with E-state index < -0.39 is 5.41 Å². The number of furan rings is 1. The van der Waals surface area contributed by atoms with Crippen LogP contribution in [-0.4, -0.2) is 15.0 Å². The number of thiophene rings is 1. The van der Waals surface area contributed by atoms with Crippen molar-refractivity contribution in [1.29, 1.82) is 0 Å². The van der Waals surface area contributed by atoms with Gasteiger partial charge in [-0.1, -0.05) is 158 Å². The molecule has 0 saturated carbocycles. The van der Waals surface area contributed by atoms with Crippen molar-refractivity contribution in [2.75, 3.05) is 0 Å². The molecule has 292 valence electrons. The third-order valence-electron chi connectivity index (χ3n) is 13.4. The fourth-order valence-electron chi connectivity index (χ4n) is 10.8. The van der Waals surface area contributed by atoms with E-state index in [4.69, 9.17) is 19.4 Å². The zero-order valence-electron chi connectivity index (χ0n) is 33.7. The standard InChI is InChI=1S/C58H33N3OS/c1-2-14-34(15-3-1)55-59-56(36-29-31-52-44(33-36)41-19-7-11-27-51(41)63-52)61-57(60-55)43-22-13-26-50-53(43)45-32-35(28-30-49(45)62-50)37-20-12-21-42-40-18-6-10-25-48(40)58(54(37)42)46-23-8-4-16-38(46)39-17-5-9-24-47(39)58/h1-33H. The van der Waals surface area contributed by atoms with Crippen molar-refractivity contribution in [3.05, 3.63) is 222 Å². The molecule has 0 saturated heterocycles. The van der Waals surface area contributed by atoms with Gasteiger partial charge in [0.2, 0.25) is 0 Å². The van der Waals surface area contributed by atoms with Gasteiger partial charge in [-0.25, -0.2) is 15.0 Å². The second-order valence-corrected chi connectivity index (χ2v) is 17.7. The summed E-state index contributed by atoms with van der Waals surface area (Å²) in [7, 11) is 0. The Morgan fingerprint density at radius 3 is 1.68 bits per heavy atom. The summed E-state index contributed by atoms with van der Waals surface area (Å²) in [6, 6.07) is 72.0. The van der Waals surface area contributed by atoms with E-state index in [-0.39, 0.29) is 0 Å². The van der Waals surface area contributed by atoms with Crippen LogP contribution in [-0.2, 0) is 5.41 Å². The number of nitrogens with zero attached hydrogens (tertiary/aromatic N) is 3. The summed E-state index contributed by atoms with van der Waals surface area (Å²) in [5.41, 5.74) is 16.7. The molecule has 0 amide bonds. The Kier molecular flexibility index (Phi) is 7.16. The first kappa shape index (κ1) is 34.7. The molecule has 2 aliphatic rings. The molecule has 0 atom stereocenters. The summed E-state index contributed by atoms with van der Waals surface area (Å²) < 4.78 is 9.18. The van der Waals surface area contributed by atoms with Crippen LogP contribution in [0.3, 0.4) is 0 Å². The largest absolute Gasteiger partial charge is 0.456 e. The van der Waals surface area contributed by atoms with Crippen molar-refractivity contribution in [1.82, 2.24) is 15.0 Å². The quantitative estimate of drug-likeness (QED) is 0.177. The Bertz CT molecular complexity index is 3820. The van der Waals surface area contributed by atoms with Crippen LogP contribution in [0.2, 0.25) is 0 Å². The molecule has 0 N–H and O–H groups in total. The van der Waals surface area contributed by atoms with Crippen LogP contribution in [0.1, 0.15) is 22.3 Å². The van der Waals surface area contributed by atoms with E-state index in [1.54, 1.807) is 0 Å². The van der Waals surface area contributed by atoms with Crippen LogP contribution >= 0.6 is 11.3 Å². The van der Waals surface area contributed by atoms with Gasteiger partial charge in [0.15, 0.2) is 17.5 Å². The van der Waals surface area contributed by atoms with E-state index in [0.717, 1.165) is 44.2 Å². The number of benzene rings is 9. The topological polar surface area (TPSA) is 51.8 Å². The van der Waals surface area contributed by atoms with E-state index in [9.17, 15) is 0 Å². The highest BCUT2D eigenvalue weighted by atomic mass is 32.1. The van der Waals surface area contributed by atoms with Gasteiger partial charge in [0.25, 0.3) is 0 Å². The highest BCUT2D eigenvalue weighted by Gasteiger charge is 2.52. The zero-order valence-corrected chi connectivity index (χ0v) is 34.5. The van der Waals surface area contributed by atoms with Gasteiger partial charge in [0.05, 0.1) is 5.41 Å². The van der Waals surface area contributed by atoms with Crippen molar-refractivity contribution >= 4 is 53.4 Å². The summed E-state index contributed by atoms with van der Waals surface area (Å²) in [5, 5.41) is 4.44. The lowest BCUT2D eigenvalue weighted by Gasteiger charge is -2.32. The van der Waals surface area contributed by atoms with Crippen molar-refractivity contribution < 1.29 is 4.42 Å². The van der Waals surface area contributed by atoms with Crippen LogP contribution in [0.15, 0.2) is 205 Å². The Balaban J connectivity index is 0.996. The molecule has 5 heteroatoms. The van der Waals surface area contributed by atoms with Gasteiger partial charge < -0.3 is 4.42 Å². The minimum absolute atomic E-state index is 0.471. The van der Waals surface area contributed by atoms with Gasteiger partial charge in [-0.05, 0) is 98.1 Å². The number of rotatable bonds is 4. The highest BCUT2D eigenvalue weighted by molar-refractivity contribution is 7.25. The summed E-state index contributed by atoms with van der Waals surface area (Å²) in [6.45, 7) is 0. The molecular formula is C58H33N3OS. The van der Waals surface area contributed by atoms with Gasteiger partial charge in [-0.15, -0.1) is 11.3 Å². The fraction of sp³-hybridized carbons (Fsp3) is 0.0172. The second-order valence-electron chi connectivity index (χ2n) is 16.6. The van der Waals surface area contributed by atoms with Crippen LogP contribution in [0, 0.1) is 0 Å². The van der Waals surface area contributed by atoms with Gasteiger partial charge in [-0.2, -0.15) is 0 Å². The molecule has 14 rings (SSSR count). The third-order valence-corrected chi connectivity index (χ3v) is 14.5. The van der Waals surface area contributed by atoms with E-state index >= 15 is 0 Å². The lowest BCUT2D eigenvalue weighted by Crippen LogP contribution is -2.26. The summed E-state index contributed by atoms with van der Waals surface area (Å²) in [5.74, 6) is 1.85. The molecule has 9 aromatic carbocycles. The maximum atomic E-state index is 6.67. The molecule has 0 fully saturated rings.